The number of hydrogen-bond acceptors (Lipinski definition) is 1. The second-order valence-corrected chi connectivity index (χ2v) is 4.77. The molecule has 1 heteroatoms. The zero-order valence-corrected chi connectivity index (χ0v) is 10.1. The lowest BCUT2D eigenvalue weighted by molar-refractivity contribution is 0.101. The molecule has 0 saturated heterocycles. The van der Waals surface area contributed by atoms with Crippen molar-refractivity contribution in [3.63, 3.8) is 0 Å². The first-order valence-electron chi connectivity index (χ1n) is 5.59. The molecule has 0 unspecified atom stereocenters. The Bertz CT molecular complexity index is 333. The molecule has 1 aromatic carbocycles. The average molecular weight is 204 g/mol. The van der Waals surface area contributed by atoms with Gasteiger partial charge < -0.3 is 0 Å². The second-order valence-electron chi connectivity index (χ2n) is 4.77. The van der Waals surface area contributed by atoms with Crippen LogP contribution < -0.4 is 0 Å². The topological polar surface area (TPSA) is 17.1 Å². The van der Waals surface area contributed by atoms with Crippen LogP contribution in [0.1, 0.15) is 56.5 Å². The van der Waals surface area contributed by atoms with Gasteiger partial charge in [-0.3, -0.25) is 4.79 Å². The molecule has 1 nitrogen and oxygen atoms in total. The van der Waals surface area contributed by atoms with Gasteiger partial charge in [-0.1, -0.05) is 51.5 Å². The SMILES string of the molecule is CCCC(C)(C)c1ccc(C(C)=O)cc1. The molecule has 0 heterocycles. The van der Waals surface area contributed by atoms with Crippen molar-refractivity contribution in [3.8, 4) is 0 Å². The summed E-state index contributed by atoms with van der Waals surface area (Å²) in [5.41, 5.74) is 2.32. The van der Waals surface area contributed by atoms with Crippen LogP contribution in [-0.2, 0) is 5.41 Å². The van der Waals surface area contributed by atoms with Gasteiger partial charge in [0.05, 0.1) is 0 Å². The van der Waals surface area contributed by atoms with Crippen LogP contribution in [0.4, 0.5) is 0 Å². The van der Waals surface area contributed by atoms with Gasteiger partial charge in [-0.2, -0.15) is 0 Å². The minimum Gasteiger partial charge on any atom is -0.295 e. The predicted octanol–water partition coefficient (Wildman–Crippen LogP) is 3.97. The van der Waals surface area contributed by atoms with Crippen molar-refractivity contribution in [2.24, 2.45) is 0 Å². The third-order valence-electron chi connectivity index (χ3n) is 2.95. The molecule has 15 heavy (non-hydrogen) atoms. The van der Waals surface area contributed by atoms with Crippen LogP contribution in [0.25, 0.3) is 0 Å². The Morgan fingerprint density at radius 2 is 1.73 bits per heavy atom. The maximum Gasteiger partial charge on any atom is 0.159 e. The molecule has 0 fully saturated rings. The molecule has 0 saturated carbocycles. The number of hydrogen-bond donors (Lipinski definition) is 0. The molecule has 0 bridgehead atoms. The molecule has 0 aromatic heterocycles. The Kier molecular flexibility index (Phi) is 3.67. The summed E-state index contributed by atoms with van der Waals surface area (Å²) in [7, 11) is 0. The molecular formula is C14H20O. The van der Waals surface area contributed by atoms with E-state index in [9.17, 15) is 4.79 Å². The van der Waals surface area contributed by atoms with Gasteiger partial charge in [-0.15, -0.1) is 0 Å². The highest BCUT2D eigenvalue weighted by atomic mass is 16.1. The van der Waals surface area contributed by atoms with Gasteiger partial charge in [-0.25, -0.2) is 0 Å². The van der Waals surface area contributed by atoms with E-state index < -0.39 is 0 Å². The summed E-state index contributed by atoms with van der Waals surface area (Å²) in [6, 6.07) is 8.00. The molecule has 0 amide bonds. The van der Waals surface area contributed by atoms with E-state index in [1.54, 1.807) is 6.92 Å². The maximum absolute atomic E-state index is 11.1. The molecule has 82 valence electrons. The Labute approximate surface area is 92.5 Å². The van der Waals surface area contributed by atoms with Gasteiger partial charge in [0.15, 0.2) is 5.78 Å². The van der Waals surface area contributed by atoms with E-state index in [0.717, 1.165) is 5.56 Å². The smallest absolute Gasteiger partial charge is 0.159 e. The summed E-state index contributed by atoms with van der Waals surface area (Å²) < 4.78 is 0. The van der Waals surface area contributed by atoms with Crippen molar-refractivity contribution in [3.05, 3.63) is 35.4 Å². The number of carbonyl (C=O) groups excluding carboxylic acids is 1. The zero-order valence-electron chi connectivity index (χ0n) is 10.1. The lowest BCUT2D eigenvalue weighted by Gasteiger charge is -2.24. The molecule has 1 rings (SSSR count). The van der Waals surface area contributed by atoms with E-state index in [2.05, 4.69) is 32.9 Å². The number of benzene rings is 1. The number of Topliss-reactive ketones (excluding diaryl/α,β-unsaturated/α-hetero) is 1. The lowest BCUT2D eigenvalue weighted by Crippen LogP contribution is -2.16. The monoisotopic (exact) mass is 204 g/mol. The molecule has 1 aromatic rings. The fourth-order valence-corrected chi connectivity index (χ4v) is 1.93. The van der Waals surface area contributed by atoms with Crippen LogP contribution in [0, 0.1) is 0 Å². The summed E-state index contributed by atoms with van der Waals surface area (Å²) in [5.74, 6) is 0.134. The highest BCUT2D eigenvalue weighted by Crippen LogP contribution is 2.28. The standard InChI is InChI=1S/C14H20O/c1-5-10-14(3,4)13-8-6-12(7-9-13)11(2)15/h6-9H,5,10H2,1-4H3. The van der Waals surface area contributed by atoms with Crippen LogP contribution in [0.3, 0.4) is 0 Å². The number of ketones is 1. The minimum atomic E-state index is 0.134. The van der Waals surface area contributed by atoms with Crippen molar-refractivity contribution < 1.29 is 4.79 Å². The van der Waals surface area contributed by atoms with Crippen molar-refractivity contribution in [2.45, 2.75) is 46.0 Å². The number of carbonyl (C=O) groups is 1. The maximum atomic E-state index is 11.1. The average Bonchev–Trinajstić information content (AvgIpc) is 2.18. The zero-order chi connectivity index (χ0) is 11.5. The fraction of sp³-hybridized carbons (Fsp3) is 0.500. The van der Waals surface area contributed by atoms with Gasteiger partial charge in [0.1, 0.15) is 0 Å². The molecule has 0 N–H and O–H groups in total. The molecule has 0 radical (unpaired) electrons. The number of rotatable bonds is 4. The molecule has 0 atom stereocenters. The van der Waals surface area contributed by atoms with Gasteiger partial charge in [-0.05, 0) is 24.3 Å². The van der Waals surface area contributed by atoms with Crippen molar-refractivity contribution in [1.82, 2.24) is 0 Å². The van der Waals surface area contributed by atoms with Crippen LogP contribution in [-0.4, -0.2) is 5.78 Å². The first-order chi connectivity index (χ1) is 6.97. The second kappa shape index (κ2) is 4.61. The molecule has 0 aliphatic rings. The molecule has 0 aliphatic carbocycles. The lowest BCUT2D eigenvalue weighted by atomic mass is 9.80. The van der Waals surface area contributed by atoms with Gasteiger partial charge in [0, 0.05) is 5.56 Å². The van der Waals surface area contributed by atoms with Crippen LogP contribution >= 0.6 is 0 Å². The van der Waals surface area contributed by atoms with E-state index >= 15 is 0 Å². The van der Waals surface area contributed by atoms with Gasteiger partial charge in [0.25, 0.3) is 0 Å². The first-order valence-corrected chi connectivity index (χ1v) is 5.59. The first kappa shape index (κ1) is 12.0. The van der Waals surface area contributed by atoms with Crippen LogP contribution in [0.2, 0.25) is 0 Å². The normalized spacial score (nSPS) is 11.5. The molecule has 0 spiro atoms. The highest BCUT2D eigenvalue weighted by Gasteiger charge is 2.18. The molecular weight excluding hydrogens is 184 g/mol. The summed E-state index contributed by atoms with van der Waals surface area (Å²) >= 11 is 0. The third-order valence-corrected chi connectivity index (χ3v) is 2.95. The van der Waals surface area contributed by atoms with E-state index in [-0.39, 0.29) is 11.2 Å². The Balaban J connectivity index is 2.93. The minimum absolute atomic E-state index is 0.134. The highest BCUT2D eigenvalue weighted by molar-refractivity contribution is 5.94. The Morgan fingerprint density at radius 1 is 1.20 bits per heavy atom. The van der Waals surface area contributed by atoms with Gasteiger partial charge >= 0.3 is 0 Å². The summed E-state index contributed by atoms with van der Waals surface area (Å²) in [4.78, 5) is 11.1. The van der Waals surface area contributed by atoms with Gasteiger partial charge in [0.2, 0.25) is 0 Å². The molecule has 0 aliphatic heterocycles. The van der Waals surface area contributed by atoms with E-state index in [1.165, 1.54) is 18.4 Å². The van der Waals surface area contributed by atoms with Crippen molar-refractivity contribution in [1.29, 1.82) is 0 Å². The summed E-state index contributed by atoms with van der Waals surface area (Å²) in [6.45, 7) is 8.30. The quantitative estimate of drug-likeness (QED) is 0.678. The van der Waals surface area contributed by atoms with Crippen molar-refractivity contribution in [2.75, 3.05) is 0 Å². The largest absolute Gasteiger partial charge is 0.295 e. The van der Waals surface area contributed by atoms with Crippen molar-refractivity contribution >= 4 is 5.78 Å². The summed E-state index contributed by atoms with van der Waals surface area (Å²) in [5, 5.41) is 0. The summed E-state index contributed by atoms with van der Waals surface area (Å²) in [6.07, 6.45) is 2.36. The predicted molar refractivity (Wildman–Crippen MR) is 64.4 cm³/mol. The van der Waals surface area contributed by atoms with E-state index in [1.807, 2.05) is 12.1 Å². The van der Waals surface area contributed by atoms with E-state index in [4.69, 9.17) is 0 Å². The van der Waals surface area contributed by atoms with E-state index in [0.29, 0.717) is 0 Å². The van der Waals surface area contributed by atoms with Crippen LogP contribution in [0.5, 0.6) is 0 Å². The fourth-order valence-electron chi connectivity index (χ4n) is 1.93. The van der Waals surface area contributed by atoms with Crippen LogP contribution in [0.15, 0.2) is 24.3 Å². The third kappa shape index (κ3) is 2.92. The Morgan fingerprint density at radius 3 is 2.13 bits per heavy atom. The Hall–Kier alpha value is -1.11.